The smallest absolute Gasteiger partial charge is 0.339 e. The van der Waals surface area contributed by atoms with Gasteiger partial charge in [0.15, 0.2) is 11.2 Å². The summed E-state index contributed by atoms with van der Waals surface area (Å²) < 4.78 is 21.8. The van der Waals surface area contributed by atoms with E-state index in [-0.39, 0.29) is 23.8 Å². The van der Waals surface area contributed by atoms with Gasteiger partial charge in [-0.05, 0) is 36.8 Å². The third kappa shape index (κ3) is 5.96. The van der Waals surface area contributed by atoms with Crippen LogP contribution in [-0.2, 0) is 41.6 Å². The van der Waals surface area contributed by atoms with Crippen molar-refractivity contribution in [3.05, 3.63) is 71.8 Å². The first-order valence-electron chi connectivity index (χ1n) is 14.5. The van der Waals surface area contributed by atoms with E-state index < -0.39 is 11.2 Å². The Balaban J connectivity index is 0.000000161. The summed E-state index contributed by atoms with van der Waals surface area (Å²) in [5.41, 5.74) is 1.07. The highest BCUT2D eigenvalue weighted by Crippen LogP contribution is 2.40. The van der Waals surface area contributed by atoms with E-state index in [2.05, 4.69) is 34.1 Å². The lowest BCUT2D eigenvalue weighted by molar-refractivity contribution is -0.180. The molecule has 8 nitrogen and oxygen atoms in total. The summed E-state index contributed by atoms with van der Waals surface area (Å²) in [7, 11) is 2.90. The van der Waals surface area contributed by atoms with E-state index in [1.807, 2.05) is 36.4 Å². The zero-order valence-corrected chi connectivity index (χ0v) is 23.8. The van der Waals surface area contributed by atoms with E-state index in [0.717, 1.165) is 51.9 Å². The van der Waals surface area contributed by atoms with Gasteiger partial charge in [0.05, 0.1) is 14.2 Å². The third-order valence-corrected chi connectivity index (χ3v) is 8.87. The molecule has 4 atom stereocenters. The molecular weight excluding hydrogens is 508 g/mol. The maximum atomic E-state index is 12.2. The number of carbonyl (C=O) groups excluding carboxylic acids is 2. The van der Waals surface area contributed by atoms with Crippen molar-refractivity contribution in [1.82, 2.24) is 9.80 Å². The van der Waals surface area contributed by atoms with Crippen LogP contribution in [0.4, 0.5) is 0 Å². The van der Waals surface area contributed by atoms with Crippen molar-refractivity contribution >= 4 is 11.9 Å². The van der Waals surface area contributed by atoms with E-state index in [9.17, 15) is 9.59 Å². The van der Waals surface area contributed by atoms with Gasteiger partial charge >= 0.3 is 11.9 Å². The Labute approximate surface area is 237 Å². The molecule has 8 heteroatoms. The average Bonchev–Trinajstić information content (AvgIpc) is 3.56. The molecule has 4 aliphatic rings. The number of carbonyl (C=O) groups is 2. The number of benzene rings is 2. The van der Waals surface area contributed by atoms with Crippen LogP contribution in [-0.4, -0.2) is 86.6 Å². The maximum absolute atomic E-state index is 12.2. The van der Waals surface area contributed by atoms with Crippen LogP contribution in [0, 0.1) is 11.8 Å². The molecule has 6 rings (SSSR count). The Morgan fingerprint density at radius 2 is 1.12 bits per heavy atom. The van der Waals surface area contributed by atoms with Crippen LogP contribution in [0.25, 0.3) is 0 Å². The van der Waals surface area contributed by atoms with Crippen molar-refractivity contribution in [2.75, 3.05) is 53.6 Å². The second kappa shape index (κ2) is 12.8. The molecule has 4 saturated heterocycles. The topological polar surface area (TPSA) is 77.5 Å². The fourth-order valence-corrected chi connectivity index (χ4v) is 6.96. The summed E-state index contributed by atoms with van der Waals surface area (Å²) in [6.45, 7) is 6.13. The molecule has 0 unspecified atom stereocenters. The predicted octanol–water partition coefficient (Wildman–Crippen LogP) is 3.68. The maximum Gasteiger partial charge on any atom is 0.339 e. The SMILES string of the molecule is COC(=O)[C@@]12CN(Cc3ccccc3)C[C@@H]1CCCO2.COC(=O)[C@]12CN(Cc3ccccc3)C[C@H]1CCCO2. The number of nitrogens with zero attached hydrogens (tertiary/aromatic N) is 2. The Hall–Kier alpha value is -2.78. The minimum absolute atomic E-state index is 0.210. The lowest BCUT2D eigenvalue weighted by Gasteiger charge is -2.35. The molecule has 0 saturated carbocycles. The largest absolute Gasteiger partial charge is 0.467 e. The Bertz CT molecular complexity index is 1040. The van der Waals surface area contributed by atoms with Gasteiger partial charge < -0.3 is 18.9 Å². The Kier molecular flexibility index (Phi) is 9.20. The van der Waals surface area contributed by atoms with Gasteiger partial charge in [-0.1, -0.05) is 60.7 Å². The first kappa shape index (κ1) is 28.7. The highest BCUT2D eigenvalue weighted by Gasteiger charge is 2.56. The molecule has 0 aromatic heterocycles. The zero-order valence-electron chi connectivity index (χ0n) is 23.8. The Morgan fingerprint density at radius 1 is 0.725 bits per heavy atom. The van der Waals surface area contributed by atoms with Gasteiger partial charge in [0.25, 0.3) is 0 Å². The van der Waals surface area contributed by atoms with Gasteiger partial charge in [-0.3, -0.25) is 9.80 Å². The second-order valence-corrected chi connectivity index (χ2v) is 11.4. The normalized spacial score (nSPS) is 29.9. The summed E-state index contributed by atoms with van der Waals surface area (Å²) in [6, 6.07) is 20.7. The average molecular weight is 551 g/mol. The molecule has 0 radical (unpaired) electrons. The molecule has 0 amide bonds. The molecule has 40 heavy (non-hydrogen) atoms. The predicted molar refractivity (Wildman–Crippen MR) is 150 cm³/mol. The number of likely N-dealkylation sites (tertiary alicyclic amines) is 2. The van der Waals surface area contributed by atoms with Crippen molar-refractivity contribution in [3.8, 4) is 0 Å². The standard InChI is InChI=1S/2C16H21NO3/c2*1-19-15(18)16-12-17(10-13-6-3-2-4-7-13)11-14(16)8-5-9-20-16/h2*2-4,6-7,14H,5,8-12H2,1H3/t2*14-,16+/m10/s1. The molecule has 2 aromatic carbocycles. The van der Waals surface area contributed by atoms with Crippen LogP contribution in [0.1, 0.15) is 36.8 Å². The minimum atomic E-state index is -0.734. The molecule has 0 aliphatic carbocycles. The van der Waals surface area contributed by atoms with Gasteiger partial charge in [-0.15, -0.1) is 0 Å². The number of hydrogen-bond acceptors (Lipinski definition) is 8. The summed E-state index contributed by atoms with van der Waals surface area (Å²) in [5, 5.41) is 0. The zero-order chi connectivity index (χ0) is 28.0. The van der Waals surface area contributed by atoms with E-state index in [0.29, 0.717) is 26.3 Å². The first-order valence-corrected chi connectivity index (χ1v) is 14.5. The van der Waals surface area contributed by atoms with E-state index >= 15 is 0 Å². The van der Waals surface area contributed by atoms with Gasteiger partial charge in [0, 0.05) is 64.3 Å². The van der Waals surface area contributed by atoms with Crippen molar-refractivity contribution in [2.24, 2.45) is 11.8 Å². The van der Waals surface area contributed by atoms with Crippen LogP contribution in [0.3, 0.4) is 0 Å². The summed E-state index contributed by atoms with van der Waals surface area (Å²) in [5.74, 6) is 0.0929. The summed E-state index contributed by atoms with van der Waals surface area (Å²) in [4.78, 5) is 29.0. The lowest BCUT2D eigenvalue weighted by atomic mass is 9.85. The fraction of sp³-hybridized carbons (Fsp3) is 0.562. The third-order valence-electron chi connectivity index (χ3n) is 8.87. The Morgan fingerprint density at radius 3 is 1.50 bits per heavy atom. The van der Waals surface area contributed by atoms with Crippen LogP contribution in [0.2, 0.25) is 0 Å². The summed E-state index contributed by atoms with van der Waals surface area (Å²) in [6.07, 6.45) is 4.14. The molecule has 0 bridgehead atoms. The van der Waals surface area contributed by atoms with Gasteiger partial charge in [0.2, 0.25) is 0 Å². The number of rotatable bonds is 6. The van der Waals surface area contributed by atoms with Crippen molar-refractivity contribution in [3.63, 3.8) is 0 Å². The minimum Gasteiger partial charge on any atom is -0.467 e. The highest BCUT2D eigenvalue weighted by molar-refractivity contribution is 5.81. The molecule has 216 valence electrons. The molecule has 0 spiro atoms. The van der Waals surface area contributed by atoms with E-state index in [1.54, 1.807) is 0 Å². The van der Waals surface area contributed by atoms with Crippen LogP contribution < -0.4 is 0 Å². The lowest BCUT2D eigenvalue weighted by Crippen LogP contribution is -2.52. The van der Waals surface area contributed by atoms with Crippen LogP contribution in [0.15, 0.2) is 60.7 Å². The molecular formula is C32H42N2O6. The molecule has 2 aromatic rings. The van der Waals surface area contributed by atoms with E-state index in [4.69, 9.17) is 18.9 Å². The number of fused-ring (bicyclic) bond motifs is 2. The van der Waals surface area contributed by atoms with Crippen molar-refractivity contribution in [2.45, 2.75) is 50.0 Å². The van der Waals surface area contributed by atoms with Crippen molar-refractivity contribution < 1.29 is 28.5 Å². The molecule has 4 heterocycles. The highest BCUT2D eigenvalue weighted by atomic mass is 16.6. The van der Waals surface area contributed by atoms with E-state index in [1.165, 1.54) is 25.3 Å². The number of esters is 2. The molecule has 0 N–H and O–H groups in total. The molecule has 4 fully saturated rings. The summed E-state index contributed by atoms with van der Waals surface area (Å²) >= 11 is 0. The van der Waals surface area contributed by atoms with Gasteiger partial charge in [0.1, 0.15) is 0 Å². The first-order chi connectivity index (χ1) is 19.5. The fourth-order valence-electron chi connectivity index (χ4n) is 6.96. The quantitative estimate of drug-likeness (QED) is 0.505. The number of ether oxygens (including phenoxy) is 4. The van der Waals surface area contributed by atoms with Gasteiger partial charge in [-0.25, -0.2) is 9.59 Å². The number of hydrogen-bond donors (Lipinski definition) is 0. The van der Waals surface area contributed by atoms with Crippen LogP contribution >= 0.6 is 0 Å². The van der Waals surface area contributed by atoms with Crippen LogP contribution in [0.5, 0.6) is 0 Å². The van der Waals surface area contributed by atoms with Gasteiger partial charge in [-0.2, -0.15) is 0 Å². The monoisotopic (exact) mass is 550 g/mol. The molecule has 4 aliphatic heterocycles. The number of methoxy groups -OCH3 is 2. The van der Waals surface area contributed by atoms with Crippen molar-refractivity contribution in [1.29, 1.82) is 0 Å². The second-order valence-electron chi connectivity index (χ2n) is 11.4.